The van der Waals surface area contributed by atoms with Gasteiger partial charge in [0.1, 0.15) is 6.61 Å². The molecule has 0 radical (unpaired) electrons. The van der Waals surface area contributed by atoms with Crippen molar-refractivity contribution in [1.29, 1.82) is 0 Å². The molecule has 1 aliphatic rings. The van der Waals surface area contributed by atoms with Crippen LogP contribution < -0.4 is 0 Å². The summed E-state index contributed by atoms with van der Waals surface area (Å²) in [6, 6.07) is 15.7. The van der Waals surface area contributed by atoms with Crippen molar-refractivity contribution in [2.24, 2.45) is 0 Å². The van der Waals surface area contributed by atoms with E-state index in [1.165, 1.54) is 10.6 Å². The predicted molar refractivity (Wildman–Crippen MR) is 72.3 cm³/mol. The van der Waals surface area contributed by atoms with E-state index in [-0.39, 0.29) is 5.91 Å². The molecular formula is C16H15NO2. The van der Waals surface area contributed by atoms with E-state index in [4.69, 9.17) is 4.84 Å². The third-order valence-electron chi connectivity index (χ3n) is 3.30. The molecule has 0 aliphatic carbocycles. The molecule has 3 rings (SSSR count). The quantitative estimate of drug-likeness (QED) is 0.823. The first-order chi connectivity index (χ1) is 9.24. The molecule has 0 unspecified atom stereocenters. The van der Waals surface area contributed by atoms with E-state index < -0.39 is 0 Å². The maximum absolute atomic E-state index is 12.3. The Kier molecular flexibility index (Phi) is 3.05. The largest absolute Gasteiger partial charge is 0.278 e. The molecule has 1 amide bonds. The standard InChI is InChI=1S/C16H15NO2/c1-12-6-8-13(9-7-12)10-17-16(18)15-5-3-2-4-14(15)11-19-17/h2-9H,10-11H2,1H3. The second kappa shape index (κ2) is 4.86. The summed E-state index contributed by atoms with van der Waals surface area (Å²) in [4.78, 5) is 17.8. The van der Waals surface area contributed by atoms with Gasteiger partial charge < -0.3 is 0 Å². The summed E-state index contributed by atoms with van der Waals surface area (Å²) >= 11 is 0. The Balaban J connectivity index is 1.81. The Labute approximate surface area is 112 Å². The van der Waals surface area contributed by atoms with Crippen LogP contribution in [-0.4, -0.2) is 11.0 Å². The molecule has 0 spiro atoms. The van der Waals surface area contributed by atoms with Crippen LogP contribution in [0.2, 0.25) is 0 Å². The molecule has 19 heavy (non-hydrogen) atoms. The summed E-state index contributed by atoms with van der Waals surface area (Å²) in [6.07, 6.45) is 0. The smallest absolute Gasteiger partial charge is 0.267 e. The van der Waals surface area contributed by atoms with Gasteiger partial charge in [-0.05, 0) is 24.1 Å². The Morgan fingerprint density at radius 2 is 1.84 bits per heavy atom. The van der Waals surface area contributed by atoms with E-state index in [2.05, 4.69) is 0 Å². The van der Waals surface area contributed by atoms with Crippen LogP contribution in [0, 0.1) is 6.92 Å². The fraction of sp³-hybridized carbons (Fsp3) is 0.188. The molecule has 2 aromatic rings. The van der Waals surface area contributed by atoms with Gasteiger partial charge in [-0.1, -0.05) is 48.0 Å². The SMILES string of the molecule is Cc1ccc(CN2OCc3ccccc3C2=O)cc1. The third-order valence-corrected chi connectivity index (χ3v) is 3.30. The van der Waals surface area contributed by atoms with Crippen molar-refractivity contribution in [3.8, 4) is 0 Å². The molecule has 3 heteroatoms. The molecule has 0 saturated heterocycles. The zero-order valence-electron chi connectivity index (χ0n) is 10.8. The van der Waals surface area contributed by atoms with Crippen LogP contribution in [0.15, 0.2) is 48.5 Å². The minimum absolute atomic E-state index is 0.0672. The lowest BCUT2D eigenvalue weighted by molar-refractivity contribution is -0.146. The van der Waals surface area contributed by atoms with Crippen LogP contribution in [0.4, 0.5) is 0 Å². The van der Waals surface area contributed by atoms with E-state index >= 15 is 0 Å². The van der Waals surface area contributed by atoms with Gasteiger partial charge in [-0.3, -0.25) is 9.63 Å². The van der Waals surface area contributed by atoms with Crippen molar-refractivity contribution in [3.05, 3.63) is 70.8 Å². The molecule has 0 fully saturated rings. The summed E-state index contributed by atoms with van der Waals surface area (Å²) < 4.78 is 0. The van der Waals surface area contributed by atoms with Gasteiger partial charge in [-0.25, -0.2) is 5.06 Å². The summed E-state index contributed by atoms with van der Waals surface area (Å²) in [5, 5.41) is 1.44. The second-order valence-electron chi connectivity index (χ2n) is 4.76. The number of aryl methyl sites for hydroxylation is 1. The highest BCUT2D eigenvalue weighted by Crippen LogP contribution is 2.21. The molecule has 1 heterocycles. The van der Waals surface area contributed by atoms with Crippen molar-refractivity contribution >= 4 is 5.91 Å². The highest BCUT2D eigenvalue weighted by atomic mass is 16.7. The number of carbonyl (C=O) groups excluding carboxylic acids is 1. The number of fused-ring (bicyclic) bond motifs is 1. The maximum Gasteiger partial charge on any atom is 0.278 e. The maximum atomic E-state index is 12.3. The summed E-state index contributed by atoms with van der Waals surface area (Å²) in [5.74, 6) is -0.0672. The van der Waals surface area contributed by atoms with Gasteiger partial charge in [0.2, 0.25) is 0 Å². The Morgan fingerprint density at radius 3 is 2.63 bits per heavy atom. The van der Waals surface area contributed by atoms with Crippen LogP contribution >= 0.6 is 0 Å². The minimum Gasteiger partial charge on any atom is -0.267 e. The van der Waals surface area contributed by atoms with Crippen molar-refractivity contribution in [1.82, 2.24) is 5.06 Å². The van der Waals surface area contributed by atoms with Crippen LogP contribution in [0.3, 0.4) is 0 Å². The van der Waals surface area contributed by atoms with Crippen LogP contribution in [0.25, 0.3) is 0 Å². The number of hydrogen-bond donors (Lipinski definition) is 0. The zero-order chi connectivity index (χ0) is 13.2. The molecule has 0 saturated carbocycles. The average molecular weight is 253 g/mol. The van der Waals surface area contributed by atoms with E-state index in [0.717, 1.165) is 16.7 Å². The van der Waals surface area contributed by atoms with Gasteiger partial charge in [-0.15, -0.1) is 0 Å². The average Bonchev–Trinajstić information content (AvgIpc) is 2.45. The molecule has 0 bridgehead atoms. The minimum atomic E-state index is -0.0672. The van der Waals surface area contributed by atoms with Crippen LogP contribution in [-0.2, 0) is 18.0 Å². The first-order valence-electron chi connectivity index (χ1n) is 6.32. The number of rotatable bonds is 2. The number of carbonyl (C=O) groups is 1. The highest BCUT2D eigenvalue weighted by molar-refractivity contribution is 5.95. The molecule has 3 nitrogen and oxygen atoms in total. The molecule has 0 aromatic heterocycles. The fourth-order valence-corrected chi connectivity index (χ4v) is 2.17. The van der Waals surface area contributed by atoms with Crippen LogP contribution in [0.5, 0.6) is 0 Å². The molecule has 96 valence electrons. The number of hydrogen-bond acceptors (Lipinski definition) is 2. The normalized spacial score (nSPS) is 14.4. The second-order valence-corrected chi connectivity index (χ2v) is 4.76. The van der Waals surface area contributed by atoms with Crippen molar-refractivity contribution < 1.29 is 9.63 Å². The van der Waals surface area contributed by atoms with Crippen molar-refractivity contribution in [2.75, 3.05) is 0 Å². The number of benzene rings is 2. The fourth-order valence-electron chi connectivity index (χ4n) is 2.17. The van der Waals surface area contributed by atoms with Crippen LogP contribution in [0.1, 0.15) is 27.0 Å². The van der Waals surface area contributed by atoms with Gasteiger partial charge >= 0.3 is 0 Å². The summed E-state index contributed by atoms with van der Waals surface area (Å²) in [6.45, 7) is 2.98. The Morgan fingerprint density at radius 1 is 1.11 bits per heavy atom. The molecule has 1 aliphatic heterocycles. The lowest BCUT2D eigenvalue weighted by Crippen LogP contribution is -2.35. The summed E-state index contributed by atoms with van der Waals surface area (Å²) in [5.41, 5.74) is 3.96. The molecule has 2 aromatic carbocycles. The van der Waals surface area contributed by atoms with Crippen molar-refractivity contribution in [3.63, 3.8) is 0 Å². The zero-order valence-corrected chi connectivity index (χ0v) is 10.8. The number of hydroxylamine groups is 2. The first-order valence-corrected chi connectivity index (χ1v) is 6.32. The lowest BCUT2D eigenvalue weighted by Gasteiger charge is -2.27. The predicted octanol–water partition coefficient (Wildman–Crippen LogP) is 3.08. The van der Waals surface area contributed by atoms with Gasteiger partial charge in [0, 0.05) is 5.56 Å². The van der Waals surface area contributed by atoms with Gasteiger partial charge in [0.05, 0.1) is 6.54 Å². The Hall–Kier alpha value is -2.13. The third kappa shape index (κ3) is 2.37. The highest BCUT2D eigenvalue weighted by Gasteiger charge is 2.24. The van der Waals surface area contributed by atoms with E-state index in [1.807, 2.05) is 55.5 Å². The topological polar surface area (TPSA) is 29.5 Å². The monoisotopic (exact) mass is 253 g/mol. The van der Waals surface area contributed by atoms with E-state index in [1.54, 1.807) is 0 Å². The first kappa shape index (κ1) is 11.9. The number of amides is 1. The number of nitrogens with zero attached hydrogens (tertiary/aromatic N) is 1. The van der Waals surface area contributed by atoms with Gasteiger partial charge in [-0.2, -0.15) is 0 Å². The van der Waals surface area contributed by atoms with Crippen molar-refractivity contribution in [2.45, 2.75) is 20.1 Å². The molecule has 0 N–H and O–H groups in total. The van der Waals surface area contributed by atoms with Gasteiger partial charge in [0.25, 0.3) is 5.91 Å². The van der Waals surface area contributed by atoms with E-state index in [0.29, 0.717) is 13.2 Å². The van der Waals surface area contributed by atoms with Gasteiger partial charge in [0.15, 0.2) is 0 Å². The van der Waals surface area contributed by atoms with E-state index in [9.17, 15) is 4.79 Å². The Bertz CT molecular complexity index is 604. The molecular weight excluding hydrogens is 238 g/mol. The lowest BCUT2D eigenvalue weighted by atomic mass is 10.1. The molecule has 0 atom stereocenters. The summed E-state index contributed by atoms with van der Waals surface area (Å²) in [7, 11) is 0.